The number of hydrogen-bond donors (Lipinski definition) is 1. The molecule has 0 aliphatic heterocycles. The van der Waals surface area contributed by atoms with Gasteiger partial charge in [0.1, 0.15) is 5.75 Å². The molecule has 1 saturated carbocycles. The Kier molecular flexibility index (Phi) is 4.83. The topological polar surface area (TPSA) is 38.5 Å². The molecular formula is C16H26N2O. The van der Waals surface area contributed by atoms with Crippen LogP contribution < -0.4 is 10.5 Å². The molecule has 0 spiro atoms. The van der Waals surface area contributed by atoms with Crippen molar-refractivity contribution in [3.8, 4) is 5.75 Å². The smallest absolute Gasteiger partial charge is 0.118 e. The van der Waals surface area contributed by atoms with E-state index in [2.05, 4.69) is 30.9 Å². The summed E-state index contributed by atoms with van der Waals surface area (Å²) in [6.45, 7) is 6.35. The molecule has 19 heavy (non-hydrogen) atoms. The molecular weight excluding hydrogens is 236 g/mol. The maximum atomic E-state index is 6.04. The average molecular weight is 262 g/mol. The summed E-state index contributed by atoms with van der Waals surface area (Å²) >= 11 is 0. The Morgan fingerprint density at radius 3 is 2.32 bits per heavy atom. The molecule has 0 aromatic heterocycles. The van der Waals surface area contributed by atoms with Gasteiger partial charge in [-0.05, 0) is 36.5 Å². The average Bonchev–Trinajstić information content (AvgIpc) is 3.23. The Morgan fingerprint density at radius 1 is 1.26 bits per heavy atom. The van der Waals surface area contributed by atoms with E-state index in [4.69, 9.17) is 10.5 Å². The number of nitrogens with zero attached hydrogens (tertiary/aromatic N) is 1. The first-order valence-electron chi connectivity index (χ1n) is 7.25. The van der Waals surface area contributed by atoms with Crippen molar-refractivity contribution in [1.82, 2.24) is 4.90 Å². The Bertz CT molecular complexity index is 384. The normalized spacial score (nSPS) is 16.9. The fourth-order valence-electron chi connectivity index (χ4n) is 2.65. The van der Waals surface area contributed by atoms with E-state index in [1.165, 1.54) is 18.4 Å². The Balaban J connectivity index is 2.15. The second kappa shape index (κ2) is 6.40. The first-order valence-corrected chi connectivity index (χ1v) is 7.25. The van der Waals surface area contributed by atoms with Gasteiger partial charge in [-0.3, -0.25) is 4.90 Å². The van der Waals surface area contributed by atoms with Crippen molar-refractivity contribution in [1.29, 1.82) is 0 Å². The van der Waals surface area contributed by atoms with E-state index >= 15 is 0 Å². The highest BCUT2D eigenvalue weighted by Crippen LogP contribution is 2.35. The van der Waals surface area contributed by atoms with Crippen molar-refractivity contribution >= 4 is 0 Å². The quantitative estimate of drug-likeness (QED) is 0.821. The van der Waals surface area contributed by atoms with E-state index in [0.717, 1.165) is 18.3 Å². The predicted octanol–water partition coefficient (Wildman–Crippen LogP) is 2.82. The van der Waals surface area contributed by atoms with E-state index in [1.807, 2.05) is 12.1 Å². The zero-order chi connectivity index (χ0) is 13.8. The van der Waals surface area contributed by atoms with Gasteiger partial charge in [0.25, 0.3) is 0 Å². The molecule has 2 N–H and O–H groups in total. The molecule has 1 aliphatic carbocycles. The lowest BCUT2D eigenvalue weighted by Gasteiger charge is -2.33. The third-order valence-electron chi connectivity index (χ3n) is 3.72. The number of nitrogens with two attached hydrogens (primary N) is 1. The minimum Gasteiger partial charge on any atom is -0.497 e. The lowest BCUT2D eigenvalue weighted by molar-refractivity contribution is 0.169. The molecule has 106 valence electrons. The number of ether oxygens (including phenoxy) is 1. The van der Waals surface area contributed by atoms with Crippen LogP contribution in [0.15, 0.2) is 24.3 Å². The van der Waals surface area contributed by atoms with Gasteiger partial charge in [-0.1, -0.05) is 26.0 Å². The lowest BCUT2D eigenvalue weighted by Crippen LogP contribution is -2.38. The molecule has 1 aromatic carbocycles. The van der Waals surface area contributed by atoms with Crippen LogP contribution >= 0.6 is 0 Å². The second-order valence-electron chi connectivity index (χ2n) is 5.85. The van der Waals surface area contributed by atoms with Crippen molar-refractivity contribution in [3.63, 3.8) is 0 Å². The summed E-state index contributed by atoms with van der Waals surface area (Å²) in [6.07, 6.45) is 2.64. The standard InChI is InChI=1S/C16H26N2O/c1-12(2)11-18(14-6-7-14)16(10-17)13-4-8-15(19-3)9-5-13/h4-5,8-9,12,14,16H,6-7,10-11,17H2,1-3H3. The van der Waals surface area contributed by atoms with E-state index in [-0.39, 0.29) is 0 Å². The summed E-state index contributed by atoms with van der Waals surface area (Å²) in [5, 5.41) is 0. The van der Waals surface area contributed by atoms with Crippen LogP contribution in [0.3, 0.4) is 0 Å². The molecule has 0 saturated heterocycles. The minimum absolute atomic E-state index is 0.334. The zero-order valence-electron chi connectivity index (χ0n) is 12.3. The van der Waals surface area contributed by atoms with Gasteiger partial charge >= 0.3 is 0 Å². The first kappa shape index (κ1) is 14.4. The van der Waals surface area contributed by atoms with Crippen LogP contribution in [0.1, 0.15) is 38.3 Å². The highest BCUT2D eigenvalue weighted by molar-refractivity contribution is 5.29. The minimum atomic E-state index is 0.334. The van der Waals surface area contributed by atoms with Gasteiger partial charge in [-0.25, -0.2) is 0 Å². The van der Waals surface area contributed by atoms with Gasteiger partial charge in [0.2, 0.25) is 0 Å². The van der Waals surface area contributed by atoms with Crippen LogP contribution in [0.2, 0.25) is 0 Å². The van der Waals surface area contributed by atoms with Crippen molar-refractivity contribution in [2.45, 2.75) is 38.8 Å². The van der Waals surface area contributed by atoms with Crippen LogP contribution in [-0.4, -0.2) is 31.1 Å². The maximum Gasteiger partial charge on any atom is 0.118 e. The fourth-order valence-corrected chi connectivity index (χ4v) is 2.65. The summed E-state index contributed by atoms with van der Waals surface area (Å²) in [5.74, 6) is 1.58. The molecule has 0 radical (unpaired) electrons. The van der Waals surface area contributed by atoms with Crippen molar-refractivity contribution in [2.75, 3.05) is 20.2 Å². The van der Waals surface area contributed by atoms with Crippen LogP contribution in [-0.2, 0) is 0 Å². The Hall–Kier alpha value is -1.06. The molecule has 1 aliphatic rings. The van der Waals surface area contributed by atoms with E-state index in [9.17, 15) is 0 Å². The van der Waals surface area contributed by atoms with Gasteiger partial charge < -0.3 is 10.5 Å². The van der Waals surface area contributed by atoms with Crippen molar-refractivity contribution in [2.24, 2.45) is 11.7 Å². The van der Waals surface area contributed by atoms with Crippen LogP contribution in [0.25, 0.3) is 0 Å². The summed E-state index contributed by atoms with van der Waals surface area (Å²) < 4.78 is 5.22. The molecule has 1 aromatic rings. The van der Waals surface area contributed by atoms with Gasteiger partial charge in [-0.2, -0.15) is 0 Å². The van der Waals surface area contributed by atoms with Crippen molar-refractivity contribution < 1.29 is 4.74 Å². The summed E-state index contributed by atoms with van der Waals surface area (Å²) in [5.41, 5.74) is 7.35. The molecule has 2 rings (SSSR count). The molecule has 1 atom stereocenters. The lowest BCUT2D eigenvalue weighted by atomic mass is 10.0. The Morgan fingerprint density at radius 2 is 1.89 bits per heavy atom. The molecule has 0 bridgehead atoms. The highest BCUT2D eigenvalue weighted by atomic mass is 16.5. The largest absolute Gasteiger partial charge is 0.497 e. The van der Waals surface area contributed by atoms with Gasteiger partial charge in [0.05, 0.1) is 7.11 Å². The van der Waals surface area contributed by atoms with E-state index in [0.29, 0.717) is 18.5 Å². The van der Waals surface area contributed by atoms with E-state index in [1.54, 1.807) is 7.11 Å². The maximum absolute atomic E-state index is 6.04. The predicted molar refractivity (Wildman–Crippen MR) is 79.4 cm³/mol. The molecule has 3 nitrogen and oxygen atoms in total. The van der Waals surface area contributed by atoms with Crippen LogP contribution in [0.5, 0.6) is 5.75 Å². The number of rotatable bonds is 7. The second-order valence-corrected chi connectivity index (χ2v) is 5.85. The van der Waals surface area contributed by atoms with Gasteiger partial charge in [0.15, 0.2) is 0 Å². The number of methoxy groups -OCH3 is 1. The number of benzene rings is 1. The van der Waals surface area contributed by atoms with Crippen LogP contribution in [0.4, 0.5) is 0 Å². The summed E-state index contributed by atoms with van der Waals surface area (Å²) in [7, 11) is 1.70. The first-order chi connectivity index (χ1) is 9.15. The van der Waals surface area contributed by atoms with Gasteiger partial charge in [0, 0.05) is 25.2 Å². The Labute approximate surface area is 116 Å². The molecule has 1 unspecified atom stereocenters. The van der Waals surface area contributed by atoms with Crippen LogP contribution in [0, 0.1) is 5.92 Å². The molecule has 1 fully saturated rings. The van der Waals surface area contributed by atoms with E-state index < -0.39 is 0 Å². The zero-order valence-corrected chi connectivity index (χ0v) is 12.3. The third-order valence-corrected chi connectivity index (χ3v) is 3.72. The SMILES string of the molecule is COc1ccc(C(CN)N(CC(C)C)C2CC2)cc1. The summed E-state index contributed by atoms with van der Waals surface area (Å²) in [4.78, 5) is 2.59. The molecule has 0 amide bonds. The number of hydrogen-bond acceptors (Lipinski definition) is 3. The van der Waals surface area contributed by atoms with Crippen molar-refractivity contribution in [3.05, 3.63) is 29.8 Å². The molecule has 3 heteroatoms. The fraction of sp³-hybridized carbons (Fsp3) is 0.625. The van der Waals surface area contributed by atoms with Gasteiger partial charge in [-0.15, -0.1) is 0 Å². The summed E-state index contributed by atoms with van der Waals surface area (Å²) in [6, 6.07) is 9.41. The monoisotopic (exact) mass is 262 g/mol. The third kappa shape index (κ3) is 3.71. The highest BCUT2D eigenvalue weighted by Gasteiger charge is 2.34. The molecule has 0 heterocycles.